The topological polar surface area (TPSA) is 29.1 Å². The molecule has 0 radical (unpaired) electrons. The molecule has 1 amide bonds. The van der Waals surface area contributed by atoms with Crippen molar-refractivity contribution in [2.24, 2.45) is 0 Å². The highest BCUT2D eigenvalue weighted by Crippen LogP contribution is 2.25. The number of rotatable bonds is 3. The van der Waals surface area contributed by atoms with E-state index in [-0.39, 0.29) is 5.91 Å². The monoisotopic (exact) mass is 339 g/mol. The van der Waals surface area contributed by atoms with E-state index in [1.165, 1.54) is 23.9 Å². The van der Waals surface area contributed by atoms with Gasteiger partial charge in [0.25, 0.3) is 5.91 Å². The van der Waals surface area contributed by atoms with Crippen molar-refractivity contribution in [2.75, 3.05) is 11.6 Å². The van der Waals surface area contributed by atoms with E-state index in [2.05, 4.69) is 21.2 Å². The predicted molar refractivity (Wildman–Crippen MR) is 80.3 cm³/mol. The Labute approximate surface area is 123 Å². The molecule has 0 atom stereocenters. The van der Waals surface area contributed by atoms with Crippen LogP contribution in [0.25, 0.3) is 0 Å². The minimum atomic E-state index is -0.392. The highest BCUT2D eigenvalue weighted by molar-refractivity contribution is 9.10. The number of thioether (sulfide) groups is 1. The fourth-order valence-corrected chi connectivity index (χ4v) is 2.56. The lowest BCUT2D eigenvalue weighted by molar-refractivity contribution is 0.102. The van der Waals surface area contributed by atoms with E-state index in [1.54, 1.807) is 18.2 Å². The van der Waals surface area contributed by atoms with Crippen molar-refractivity contribution in [3.05, 3.63) is 58.3 Å². The number of carbonyl (C=O) groups excluding carboxylic acids is 1. The maximum Gasteiger partial charge on any atom is 0.256 e. The zero-order chi connectivity index (χ0) is 13.8. The largest absolute Gasteiger partial charge is 0.321 e. The lowest BCUT2D eigenvalue weighted by Gasteiger charge is -2.10. The van der Waals surface area contributed by atoms with Gasteiger partial charge in [-0.1, -0.05) is 12.1 Å². The van der Waals surface area contributed by atoms with Gasteiger partial charge in [0.05, 0.1) is 11.3 Å². The SMILES string of the molecule is CSc1ccccc1C(=O)Nc1cc(F)ccc1Br. The summed E-state index contributed by atoms with van der Waals surface area (Å²) in [6.45, 7) is 0. The van der Waals surface area contributed by atoms with Crippen LogP contribution < -0.4 is 5.32 Å². The smallest absolute Gasteiger partial charge is 0.256 e. The molecular formula is C14H11BrFNOS. The Morgan fingerprint density at radius 2 is 2.00 bits per heavy atom. The predicted octanol–water partition coefficient (Wildman–Crippen LogP) is 4.56. The lowest BCUT2D eigenvalue weighted by atomic mass is 10.2. The second-order valence-corrected chi connectivity index (χ2v) is 5.48. The van der Waals surface area contributed by atoms with E-state index in [0.717, 1.165) is 4.90 Å². The molecule has 0 aliphatic carbocycles. The van der Waals surface area contributed by atoms with Crippen LogP contribution in [0.15, 0.2) is 51.8 Å². The maximum absolute atomic E-state index is 13.2. The highest BCUT2D eigenvalue weighted by Gasteiger charge is 2.12. The van der Waals surface area contributed by atoms with E-state index in [4.69, 9.17) is 0 Å². The van der Waals surface area contributed by atoms with Gasteiger partial charge in [-0.3, -0.25) is 4.79 Å². The molecule has 19 heavy (non-hydrogen) atoms. The van der Waals surface area contributed by atoms with Gasteiger partial charge in [-0.05, 0) is 52.5 Å². The molecule has 0 bridgehead atoms. The highest BCUT2D eigenvalue weighted by atomic mass is 79.9. The molecule has 0 saturated heterocycles. The van der Waals surface area contributed by atoms with E-state index in [1.807, 2.05) is 18.4 Å². The summed E-state index contributed by atoms with van der Waals surface area (Å²) in [4.78, 5) is 13.1. The molecule has 2 aromatic carbocycles. The molecule has 0 heterocycles. The third kappa shape index (κ3) is 3.36. The standard InChI is InChI=1S/C14H11BrFNOS/c1-19-13-5-3-2-4-10(13)14(18)17-12-8-9(16)6-7-11(12)15/h2-8H,1H3,(H,17,18). The zero-order valence-electron chi connectivity index (χ0n) is 10.1. The molecule has 0 unspecified atom stereocenters. The van der Waals surface area contributed by atoms with Gasteiger partial charge in [-0.25, -0.2) is 4.39 Å². The quantitative estimate of drug-likeness (QED) is 0.830. The molecular weight excluding hydrogens is 329 g/mol. The summed E-state index contributed by atoms with van der Waals surface area (Å²) >= 11 is 4.78. The van der Waals surface area contributed by atoms with Crippen LogP contribution in [-0.4, -0.2) is 12.2 Å². The molecule has 0 aliphatic heterocycles. The van der Waals surface area contributed by atoms with Gasteiger partial charge in [0.1, 0.15) is 5.82 Å². The summed E-state index contributed by atoms with van der Waals surface area (Å²) in [6.07, 6.45) is 1.91. The molecule has 1 N–H and O–H groups in total. The van der Waals surface area contributed by atoms with Crippen molar-refractivity contribution < 1.29 is 9.18 Å². The second-order valence-electron chi connectivity index (χ2n) is 3.78. The molecule has 0 aromatic heterocycles. The third-order valence-electron chi connectivity index (χ3n) is 2.53. The summed E-state index contributed by atoms with van der Waals surface area (Å²) in [5.74, 6) is -0.645. The van der Waals surface area contributed by atoms with Gasteiger partial charge in [-0.15, -0.1) is 11.8 Å². The van der Waals surface area contributed by atoms with Gasteiger partial charge in [0.2, 0.25) is 0 Å². The number of benzene rings is 2. The number of amides is 1. The molecule has 2 aromatic rings. The molecule has 2 nitrogen and oxygen atoms in total. The first-order chi connectivity index (χ1) is 9.11. The fourth-order valence-electron chi connectivity index (χ4n) is 1.62. The van der Waals surface area contributed by atoms with Crippen LogP contribution in [0.5, 0.6) is 0 Å². The van der Waals surface area contributed by atoms with Crippen molar-refractivity contribution in [3.63, 3.8) is 0 Å². The van der Waals surface area contributed by atoms with E-state index >= 15 is 0 Å². The van der Waals surface area contributed by atoms with Crippen LogP contribution in [0.1, 0.15) is 10.4 Å². The second kappa shape index (κ2) is 6.21. The number of carbonyl (C=O) groups is 1. The molecule has 5 heteroatoms. The number of hydrogen-bond acceptors (Lipinski definition) is 2. The summed E-state index contributed by atoms with van der Waals surface area (Å²) in [5, 5.41) is 2.70. The first kappa shape index (κ1) is 14.1. The first-order valence-electron chi connectivity index (χ1n) is 5.51. The van der Waals surface area contributed by atoms with Crippen LogP contribution in [0.2, 0.25) is 0 Å². The average Bonchev–Trinajstić information content (AvgIpc) is 2.42. The van der Waals surface area contributed by atoms with E-state index in [0.29, 0.717) is 15.7 Å². The Bertz CT molecular complexity index is 618. The van der Waals surface area contributed by atoms with Gasteiger partial charge >= 0.3 is 0 Å². The first-order valence-corrected chi connectivity index (χ1v) is 7.53. The van der Waals surface area contributed by atoms with E-state index < -0.39 is 5.82 Å². The normalized spacial score (nSPS) is 10.3. The molecule has 2 rings (SSSR count). The molecule has 0 aliphatic rings. The van der Waals surface area contributed by atoms with Crippen molar-refractivity contribution >= 4 is 39.3 Å². The van der Waals surface area contributed by atoms with Gasteiger partial charge in [0.15, 0.2) is 0 Å². The number of hydrogen-bond donors (Lipinski definition) is 1. The Kier molecular flexibility index (Phi) is 4.61. The maximum atomic E-state index is 13.2. The van der Waals surface area contributed by atoms with Crippen molar-refractivity contribution in [2.45, 2.75) is 4.90 Å². The Hall–Kier alpha value is -1.33. The van der Waals surface area contributed by atoms with Crippen LogP contribution in [0.4, 0.5) is 10.1 Å². The Morgan fingerprint density at radius 3 is 2.74 bits per heavy atom. The van der Waals surface area contributed by atoms with Gasteiger partial charge in [-0.2, -0.15) is 0 Å². The van der Waals surface area contributed by atoms with Crippen LogP contribution in [0.3, 0.4) is 0 Å². The number of halogens is 2. The summed E-state index contributed by atoms with van der Waals surface area (Å²) < 4.78 is 13.8. The van der Waals surface area contributed by atoms with Crippen molar-refractivity contribution in [1.29, 1.82) is 0 Å². The minimum Gasteiger partial charge on any atom is -0.321 e. The van der Waals surface area contributed by atoms with Gasteiger partial charge < -0.3 is 5.32 Å². The number of nitrogens with one attached hydrogen (secondary N) is 1. The van der Waals surface area contributed by atoms with Crippen LogP contribution >= 0.6 is 27.7 Å². The van der Waals surface area contributed by atoms with Gasteiger partial charge in [0, 0.05) is 9.37 Å². The minimum absolute atomic E-state index is 0.253. The van der Waals surface area contributed by atoms with Crippen molar-refractivity contribution in [3.8, 4) is 0 Å². The van der Waals surface area contributed by atoms with Crippen LogP contribution in [0, 0.1) is 5.82 Å². The Morgan fingerprint density at radius 1 is 1.26 bits per heavy atom. The molecule has 0 spiro atoms. The lowest BCUT2D eigenvalue weighted by Crippen LogP contribution is -2.13. The molecule has 0 saturated carbocycles. The average molecular weight is 340 g/mol. The molecule has 98 valence electrons. The molecule has 0 fully saturated rings. The fraction of sp³-hybridized carbons (Fsp3) is 0.0714. The summed E-state index contributed by atoms with van der Waals surface area (Å²) in [6, 6.07) is 11.5. The zero-order valence-corrected chi connectivity index (χ0v) is 12.5. The van der Waals surface area contributed by atoms with Crippen LogP contribution in [-0.2, 0) is 0 Å². The van der Waals surface area contributed by atoms with Crippen molar-refractivity contribution in [1.82, 2.24) is 0 Å². The Balaban J connectivity index is 2.28. The third-order valence-corrected chi connectivity index (χ3v) is 4.02. The number of anilines is 1. The summed E-state index contributed by atoms with van der Waals surface area (Å²) in [7, 11) is 0. The summed E-state index contributed by atoms with van der Waals surface area (Å²) in [5.41, 5.74) is 0.993. The van der Waals surface area contributed by atoms with E-state index in [9.17, 15) is 9.18 Å².